The van der Waals surface area contributed by atoms with Gasteiger partial charge < -0.3 is 5.32 Å². The molecule has 0 saturated carbocycles. The Morgan fingerprint density at radius 3 is 2.59 bits per heavy atom. The summed E-state index contributed by atoms with van der Waals surface area (Å²) in [4.78, 5) is 13.1. The lowest BCUT2D eigenvalue weighted by Crippen LogP contribution is -2.49. The molecule has 22 heavy (non-hydrogen) atoms. The van der Waals surface area contributed by atoms with Gasteiger partial charge in [-0.1, -0.05) is 44.2 Å². The highest BCUT2D eigenvalue weighted by Crippen LogP contribution is 2.24. The molecule has 0 aliphatic rings. The molecule has 0 saturated heterocycles. The van der Waals surface area contributed by atoms with Crippen LogP contribution in [0.5, 0.6) is 0 Å². The fourth-order valence-corrected chi connectivity index (χ4v) is 2.78. The van der Waals surface area contributed by atoms with Crippen molar-refractivity contribution in [3.63, 3.8) is 0 Å². The van der Waals surface area contributed by atoms with Crippen LogP contribution in [0.3, 0.4) is 0 Å². The molecule has 0 unspecified atom stereocenters. The number of nitrogens with zero attached hydrogens (tertiary/aromatic N) is 1. The second kappa shape index (κ2) is 6.85. The van der Waals surface area contributed by atoms with Crippen molar-refractivity contribution in [2.24, 2.45) is 5.92 Å². The first-order valence-electron chi connectivity index (χ1n) is 7.28. The monoisotopic (exact) mass is 312 g/mol. The lowest BCUT2D eigenvalue weighted by atomic mass is 9.90. The van der Waals surface area contributed by atoms with Gasteiger partial charge in [0.25, 0.3) is 0 Å². The van der Waals surface area contributed by atoms with Crippen molar-refractivity contribution in [1.82, 2.24) is 5.32 Å². The predicted octanol–water partition coefficient (Wildman–Crippen LogP) is 3.99. The van der Waals surface area contributed by atoms with Gasteiger partial charge in [0.1, 0.15) is 5.54 Å². The van der Waals surface area contributed by atoms with Crippen LogP contribution in [0.1, 0.15) is 20.8 Å². The Labute approximate surface area is 135 Å². The maximum atomic E-state index is 12.1. The van der Waals surface area contributed by atoms with E-state index in [1.807, 2.05) is 32.0 Å². The van der Waals surface area contributed by atoms with Gasteiger partial charge in [-0.05, 0) is 35.7 Å². The maximum Gasteiger partial charge on any atom is 0.231 e. The second-order valence-electron chi connectivity index (χ2n) is 5.81. The zero-order valence-electron chi connectivity index (χ0n) is 13.1. The summed E-state index contributed by atoms with van der Waals surface area (Å²) in [7, 11) is 0. The minimum absolute atomic E-state index is 0.0621. The number of nitrogens with one attached hydrogen (secondary N) is 1. The molecule has 0 aliphatic carbocycles. The molecule has 1 N–H and O–H groups in total. The smallest absolute Gasteiger partial charge is 0.231 e. The van der Waals surface area contributed by atoms with Crippen molar-refractivity contribution in [2.75, 3.05) is 5.75 Å². The van der Waals surface area contributed by atoms with Crippen molar-refractivity contribution in [3.8, 4) is 6.07 Å². The molecule has 2 aromatic rings. The van der Waals surface area contributed by atoms with Crippen LogP contribution < -0.4 is 5.32 Å². The Morgan fingerprint density at radius 1 is 1.27 bits per heavy atom. The summed E-state index contributed by atoms with van der Waals surface area (Å²) in [6, 6.07) is 16.5. The van der Waals surface area contributed by atoms with Gasteiger partial charge in [-0.3, -0.25) is 4.79 Å². The van der Waals surface area contributed by atoms with E-state index in [1.54, 1.807) is 6.92 Å². The molecule has 0 heterocycles. The lowest BCUT2D eigenvalue weighted by molar-refractivity contribution is -0.120. The summed E-state index contributed by atoms with van der Waals surface area (Å²) in [5, 5.41) is 14.4. The van der Waals surface area contributed by atoms with E-state index in [2.05, 4.69) is 35.7 Å². The molecule has 0 spiro atoms. The fraction of sp³-hybridized carbons (Fsp3) is 0.333. The quantitative estimate of drug-likeness (QED) is 0.849. The van der Waals surface area contributed by atoms with E-state index in [-0.39, 0.29) is 11.8 Å². The number of hydrogen-bond donors (Lipinski definition) is 1. The van der Waals surface area contributed by atoms with Crippen LogP contribution in [0.15, 0.2) is 47.4 Å². The Morgan fingerprint density at radius 2 is 1.95 bits per heavy atom. The second-order valence-corrected chi connectivity index (χ2v) is 6.86. The van der Waals surface area contributed by atoms with Gasteiger partial charge in [0.15, 0.2) is 0 Å². The molecule has 4 heteroatoms. The third kappa shape index (κ3) is 3.80. The van der Waals surface area contributed by atoms with Crippen molar-refractivity contribution in [3.05, 3.63) is 42.5 Å². The van der Waals surface area contributed by atoms with Crippen molar-refractivity contribution in [2.45, 2.75) is 31.2 Å². The SMILES string of the molecule is CC(C)[C@@](C)(C#N)NC(=O)CSc1ccc2ccccc2c1. The van der Waals surface area contributed by atoms with E-state index in [9.17, 15) is 10.1 Å². The summed E-state index contributed by atoms with van der Waals surface area (Å²) in [6.07, 6.45) is 0. The summed E-state index contributed by atoms with van der Waals surface area (Å²) in [6.45, 7) is 5.62. The first-order valence-corrected chi connectivity index (χ1v) is 8.27. The van der Waals surface area contributed by atoms with Crippen LogP contribution in [0.2, 0.25) is 0 Å². The molecular weight excluding hydrogens is 292 g/mol. The highest BCUT2D eigenvalue weighted by atomic mass is 32.2. The number of hydrogen-bond acceptors (Lipinski definition) is 3. The summed E-state index contributed by atoms with van der Waals surface area (Å²) in [5.74, 6) is 0.255. The van der Waals surface area contributed by atoms with E-state index >= 15 is 0 Å². The molecule has 3 nitrogen and oxygen atoms in total. The molecule has 1 atom stereocenters. The number of carbonyl (C=O) groups is 1. The minimum Gasteiger partial charge on any atom is -0.337 e. The zero-order chi connectivity index (χ0) is 16.2. The Hall–Kier alpha value is -1.99. The van der Waals surface area contributed by atoms with Crippen LogP contribution in [-0.4, -0.2) is 17.2 Å². The van der Waals surface area contributed by atoms with E-state index in [1.165, 1.54) is 17.1 Å². The number of thioether (sulfide) groups is 1. The van der Waals surface area contributed by atoms with Crippen LogP contribution in [0, 0.1) is 17.2 Å². The Bertz CT molecular complexity index is 720. The van der Waals surface area contributed by atoms with Gasteiger partial charge in [0.05, 0.1) is 11.8 Å². The van der Waals surface area contributed by atoms with Crippen molar-refractivity contribution in [1.29, 1.82) is 5.26 Å². The molecule has 0 aliphatic heterocycles. The number of nitriles is 1. The van der Waals surface area contributed by atoms with Gasteiger partial charge in [-0.15, -0.1) is 11.8 Å². The number of rotatable bonds is 5. The topological polar surface area (TPSA) is 52.9 Å². The molecule has 0 radical (unpaired) electrons. The standard InChI is InChI=1S/C18H20N2OS/c1-13(2)18(3,12-19)20-17(21)11-22-16-9-8-14-6-4-5-7-15(14)10-16/h4-10,13H,11H2,1-3H3,(H,20,21)/t18-/m1/s1. The molecule has 114 valence electrons. The number of fused-ring (bicyclic) bond motifs is 1. The van der Waals surface area contributed by atoms with Gasteiger partial charge in [-0.2, -0.15) is 5.26 Å². The fourth-order valence-electron chi connectivity index (χ4n) is 2.03. The first kappa shape index (κ1) is 16.4. The van der Waals surface area contributed by atoms with E-state index in [4.69, 9.17) is 0 Å². The van der Waals surface area contributed by atoms with Crippen LogP contribution in [-0.2, 0) is 4.79 Å². The van der Waals surface area contributed by atoms with Crippen molar-refractivity contribution < 1.29 is 4.79 Å². The average molecular weight is 312 g/mol. The highest BCUT2D eigenvalue weighted by Gasteiger charge is 2.29. The van der Waals surface area contributed by atoms with Gasteiger partial charge in [-0.25, -0.2) is 0 Å². The molecule has 2 rings (SSSR count). The van der Waals surface area contributed by atoms with E-state index < -0.39 is 5.54 Å². The van der Waals surface area contributed by atoms with Gasteiger partial charge >= 0.3 is 0 Å². The molecule has 0 aromatic heterocycles. The molecule has 1 amide bonds. The minimum atomic E-state index is -0.818. The largest absolute Gasteiger partial charge is 0.337 e. The Kier molecular flexibility index (Phi) is 5.10. The Balaban J connectivity index is 1.99. The van der Waals surface area contributed by atoms with E-state index in [0.29, 0.717) is 5.75 Å². The number of carbonyl (C=O) groups excluding carboxylic acids is 1. The zero-order valence-corrected chi connectivity index (χ0v) is 13.9. The average Bonchev–Trinajstić information content (AvgIpc) is 2.52. The van der Waals surface area contributed by atoms with Crippen LogP contribution in [0.4, 0.5) is 0 Å². The first-order chi connectivity index (χ1) is 10.4. The summed E-state index contributed by atoms with van der Waals surface area (Å²) in [5.41, 5.74) is -0.818. The molecular formula is C18H20N2OS. The third-order valence-electron chi connectivity index (χ3n) is 3.88. The number of amides is 1. The molecule has 2 aromatic carbocycles. The van der Waals surface area contributed by atoms with E-state index in [0.717, 1.165) is 10.3 Å². The van der Waals surface area contributed by atoms with Gasteiger partial charge in [0, 0.05) is 4.90 Å². The normalized spacial score (nSPS) is 13.6. The third-order valence-corrected chi connectivity index (χ3v) is 4.87. The van der Waals surface area contributed by atoms with Crippen LogP contribution in [0.25, 0.3) is 10.8 Å². The molecule has 0 fully saturated rings. The summed E-state index contributed by atoms with van der Waals surface area (Å²) >= 11 is 1.48. The lowest BCUT2D eigenvalue weighted by Gasteiger charge is -2.27. The highest BCUT2D eigenvalue weighted by molar-refractivity contribution is 8.00. The predicted molar refractivity (Wildman–Crippen MR) is 91.7 cm³/mol. The summed E-state index contributed by atoms with van der Waals surface area (Å²) < 4.78 is 0. The maximum absolute atomic E-state index is 12.1. The van der Waals surface area contributed by atoms with Crippen LogP contribution >= 0.6 is 11.8 Å². The van der Waals surface area contributed by atoms with Gasteiger partial charge in [0.2, 0.25) is 5.91 Å². The number of benzene rings is 2. The molecule has 0 bridgehead atoms. The van der Waals surface area contributed by atoms with Crippen molar-refractivity contribution >= 4 is 28.4 Å².